The number of carbonyl (C=O) groups excluding carboxylic acids is 1. The average Bonchev–Trinajstić information content (AvgIpc) is 2.77. The summed E-state index contributed by atoms with van der Waals surface area (Å²) in [5.41, 5.74) is 1.13. The molecule has 2 rings (SSSR count). The normalized spacial score (nSPS) is 10.1. The number of phenols is 2. The molecular formula is C11H11N3O3Se. The Hall–Kier alpha value is -1.98. The summed E-state index contributed by atoms with van der Waals surface area (Å²) < 4.78 is 0.573. The van der Waals surface area contributed by atoms with Crippen molar-refractivity contribution < 1.29 is 15.0 Å². The molecule has 94 valence electrons. The molecule has 4 N–H and O–H groups in total. The summed E-state index contributed by atoms with van der Waals surface area (Å²) in [6.45, 7) is 0. The van der Waals surface area contributed by atoms with Gasteiger partial charge in [-0.1, -0.05) is 0 Å². The second-order valence-electron chi connectivity index (χ2n) is 3.44. The first-order valence-corrected chi connectivity index (χ1v) is 6.91. The van der Waals surface area contributed by atoms with E-state index in [2.05, 4.69) is 15.6 Å². The maximum absolute atomic E-state index is 11.1. The van der Waals surface area contributed by atoms with E-state index in [0.717, 1.165) is 0 Å². The van der Waals surface area contributed by atoms with Crippen molar-refractivity contribution in [2.75, 3.05) is 12.4 Å². The Bertz CT molecular complexity index is 583. The van der Waals surface area contributed by atoms with E-state index < -0.39 is 0 Å². The molecule has 0 unspecified atom stereocenters. The van der Waals surface area contributed by atoms with Crippen molar-refractivity contribution in [2.45, 2.75) is 0 Å². The number of nitrogens with one attached hydrogen (secondary N) is 2. The second kappa shape index (κ2) is 5.12. The molecule has 0 bridgehead atoms. The van der Waals surface area contributed by atoms with Gasteiger partial charge >= 0.3 is 109 Å². The molecule has 0 aliphatic heterocycles. The Labute approximate surface area is 109 Å². The number of anilines is 1. The first kappa shape index (κ1) is 12.5. The molecule has 0 saturated heterocycles. The molecular weight excluding hydrogens is 301 g/mol. The number of aromatic nitrogens is 1. The number of amides is 2. The third kappa shape index (κ3) is 2.64. The van der Waals surface area contributed by atoms with Crippen LogP contribution in [0.3, 0.4) is 0 Å². The molecule has 0 fully saturated rings. The van der Waals surface area contributed by atoms with Crippen LogP contribution in [-0.2, 0) is 0 Å². The number of nitrogens with zero attached hydrogens (tertiary/aromatic N) is 1. The Morgan fingerprint density at radius 2 is 2.17 bits per heavy atom. The van der Waals surface area contributed by atoms with E-state index in [-0.39, 0.29) is 32.0 Å². The first-order valence-electron chi connectivity index (χ1n) is 5.07. The van der Waals surface area contributed by atoms with Gasteiger partial charge in [0, 0.05) is 0 Å². The standard InChI is InChI=1S/C11H11N3O3Se/c1-12-10(17)14-11-13-8(5-18-11)7-3-2-6(15)4-9(7)16/h2-5,15-16H,1H3,(H2,12,13,14,17). The van der Waals surface area contributed by atoms with Crippen LogP contribution in [0.5, 0.6) is 11.5 Å². The monoisotopic (exact) mass is 313 g/mol. The Balaban J connectivity index is 2.26. The molecule has 0 radical (unpaired) electrons. The van der Waals surface area contributed by atoms with E-state index in [9.17, 15) is 15.0 Å². The molecule has 18 heavy (non-hydrogen) atoms. The van der Waals surface area contributed by atoms with E-state index in [1.54, 1.807) is 6.07 Å². The van der Waals surface area contributed by atoms with E-state index >= 15 is 0 Å². The summed E-state index contributed by atoms with van der Waals surface area (Å²) in [6.07, 6.45) is 0. The Kier molecular flexibility index (Phi) is 3.55. The zero-order valence-corrected chi connectivity index (χ0v) is 11.2. The molecule has 1 aromatic heterocycles. The third-order valence-corrected chi connectivity index (χ3v) is 3.80. The van der Waals surface area contributed by atoms with Gasteiger partial charge in [-0.2, -0.15) is 0 Å². The van der Waals surface area contributed by atoms with Crippen LogP contribution in [0.2, 0.25) is 0 Å². The minimum absolute atomic E-state index is 0.00644. The minimum atomic E-state index is -0.319. The average molecular weight is 312 g/mol. The number of hydrogen-bond donors (Lipinski definition) is 4. The van der Waals surface area contributed by atoms with Gasteiger partial charge in [0.05, 0.1) is 0 Å². The zero-order chi connectivity index (χ0) is 13.1. The molecule has 1 heterocycles. The third-order valence-electron chi connectivity index (χ3n) is 2.21. The van der Waals surface area contributed by atoms with Crippen molar-refractivity contribution in [1.29, 1.82) is 0 Å². The molecule has 0 aliphatic rings. The van der Waals surface area contributed by atoms with Crippen LogP contribution in [0.25, 0.3) is 11.3 Å². The zero-order valence-electron chi connectivity index (χ0n) is 9.47. The number of rotatable bonds is 2. The van der Waals surface area contributed by atoms with Crippen LogP contribution in [-0.4, -0.2) is 42.8 Å². The molecule has 2 aromatic rings. The summed E-state index contributed by atoms with van der Waals surface area (Å²) in [4.78, 5) is 17.2. The number of phenolic OH excluding ortho intramolecular Hbond substituents is 2. The summed E-state index contributed by atoms with van der Waals surface area (Å²) in [7, 11) is 1.53. The predicted octanol–water partition coefficient (Wildman–Crippen LogP) is 0.968. The van der Waals surface area contributed by atoms with Crippen LogP contribution in [0, 0.1) is 0 Å². The SMILES string of the molecule is CNC(=O)Nc1nc(-c2ccc(O)cc2O)c[se]1. The van der Waals surface area contributed by atoms with Crippen molar-refractivity contribution in [3.8, 4) is 22.8 Å². The van der Waals surface area contributed by atoms with Gasteiger partial charge in [-0.3, -0.25) is 0 Å². The van der Waals surface area contributed by atoms with Gasteiger partial charge in [0.1, 0.15) is 0 Å². The van der Waals surface area contributed by atoms with Crippen LogP contribution < -0.4 is 10.6 Å². The van der Waals surface area contributed by atoms with Crippen LogP contribution in [0.1, 0.15) is 0 Å². The van der Waals surface area contributed by atoms with Crippen molar-refractivity contribution in [3.63, 3.8) is 0 Å². The molecule has 0 spiro atoms. The van der Waals surface area contributed by atoms with E-state index in [0.29, 0.717) is 15.9 Å². The van der Waals surface area contributed by atoms with Crippen molar-refractivity contribution in [1.82, 2.24) is 10.3 Å². The molecule has 7 heteroatoms. The molecule has 0 aliphatic carbocycles. The van der Waals surface area contributed by atoms with Crippen LogP contribution >= 0.6 is 0 Å². The van der Waals surface area contributed by atoms with E-state index in [1.807, 2.05) is 4.94 Å². The number of benzene rings is 1. The topological polar surface area (TPSA) is 94.5 Å². The number of hydrogen-bond acceptors (Lipinski definition) is 4. The second-order valence-corrected chi connectivity index (χ2v) is 5.24. The predicted molar refractivity (Wildman–Crippen MR) is 68.0 cm³/mol. The molecule has 6 nitrogen and oxygen atoms in total. The van der Waals surface area contributed by atoms with E-state index in [1.165, 1.54) is 19.2 Å². The summed E-state index contributed by atoms with van der Waals surface area (Å²) in [6, 6.07) is 3.99. The van der Waals surface area contributed by atoms with Crippen LogP contribution in [0.4, 0.5) is 9.49 Å². The van der Waals surface area contributed by atoms with E-state index in [4.69, 9.17) is 0 Å². The fourth-order valence-corrected chi connectivity index (χ4v) is 2.83. The van der Waals surface area contributed by atoms with Gasteiger partial charge in [-0.25, -0.2) is 0 Å². The maximum atomic E-state index is 11.1. The van der Waals surface area contributed by atoms with Gasteiger partial charge in [-0.05, 0) is 0 Å². The summed E-state index contributed by atoms with van der Waals surface area (Å²) in [5.74, 6) is -0.0463. The van der Waals surface area contributed by atoms with Gasteiger partial charge in [-0.15, -0.1) is 0 Å². The van der Waals surface area contributed by atoms with Crippen molar-refractivity contribution >= 4 is 25.2 Å². The summed E-state index contributed by atoms with van der Waals surface area (Å²) in [5, 5.41) is 24.0. The first-order chi connectivity index (χ1) is 8.60. The fourth-order valence-electron chi connectivity index (χ4n) is 1.35. The molecule has 0 atom stereocenters. The number of carbonyl (C=O) groups is 1. The van der Waals surface area contributed by atoms with Gasteiger partial charge < -0.3 is 0 Å². The quantitative estimate of drug-likeness (QED) is 0.622. The number of aromatic hydroxyl groups is 2. The van der Waals surface area contributed by atoms with Gasteiger partial charge in [0.2, 0.25) is 0 Å². The molecule has 1 aromatic carbocycles. The van der Waals surface area contributed by atoms with Gasteiger partial charge in [0.25, 0.3) is 0 Å². The van der Waals surface area contributed by atoms with Crippen molar-refractivity contribution in [2.24, 2.45) is 0 Å². The Morgan fingerprint density at radius 3 is 2.83 bits per heavy atom. The number of urea groups is 1. The Morgan fingerprint density at radius 1 is 1.39 bits per heavy atom. The van der Waals surface area contributed by atoms with Crippen LogP contribution in [0.15, 0.2) is 23.1 Å². The van der Waals surface area contributed by atoms with Crippen molar-refractivity contribution in [3.05, 3.63) is 23.1 Å². The fraction of sp³-hybridized carbons (Fsp3) is 0.0909. The molecule has 0 saturated carbocycles. The molecule has 2 amide bonds. The van der Waals surface area contributed by atoms with Gasteiger partial charge in [0.15, 0.2) is 0 Å². The summed E-state index contributed by atoms with van der Waals surface area (Å²) >= 11 is -0.0772.